The predicted octanol–water partition coefficient (Wildman–Crippen LogP) is 0.557. The van der Waals surface area contributed by atoms with Crippen molar-refractivity contribution in [3.05, 3.63) is 27.7 Å². The summed E-state index contributed by atoms with van der Waals surface area (Å²) in [7, 11) is 0. The van der Waals surface area contributed by atoms with Gasteiger partial charge in [0.15, 0.2) is 17.3 Å². The normalized spacial score (nSPS) is 12.7. The second kappa shape index (κ2) is 11.6. The molecule has 31 heavy (non-hydrogen) atoms. The number of benzene rings is 1. The second-order valence-corrected chi connectivity index (χ2v) is 6.94. The van der Waals surface area contributed by atoms with Crippen LogP contribution in [0, 0.1) is 0 Å². The first-order valence-electron chi connectivity index (χ1n) is 8.23. The minimum Gasteiger partial charge on any atom is -0.475 e. The van der Waals surface area contributed by atoms with Crippen molar-refractivity contribution in [3.63, 3.8) is 0 Å². The molecule has 1 aromatic carbocycles. The number of guanidine groups is 1. The van der Waals surface area contributed by atoms with E-state index >= 15 is 0 Å². The highest BCUT2D eigenvalue weighted by molar-refractivity contribution is 6.39. The number of aliphatic carboxylic acids is 1. The van der Waals surface area contributed by atoms with Gasteiger partial charge in [-0.25, -0.2) is 4.79 Å². The first kappa shape index (κ1) is 28.2. The van der Waals surface area contributed by atoms with E-state index in [-0.39, 0.29) is 41.1 Å². The number of hydrogen-bond donors (Lipinski definition) is 6. The van der Waals surface area contributed by atoms with Crippen molar-refractivity contribution in [2.45, 2.75) is 31.0 Å². The van der Waals surface area contributed by atoms with Gasteiger partial charge in [-0.2, -0.15) is 13.2 Å². The lowest BCUT2D eigenvalue weighted by molar-refractivity contribution is -0.192. The average Bonchev–Trinajstić information content (AvgIpc) is 2.62. The summed E-state index contributed by atoms with van der Waals surface area (Å²) in [5.74, 6) is -4.33. The fourth-order valence-electron chi connectivity index (χ4n) is 2.05. The Balaban J connectivity index is 0.00000110. The van der Waals surface area contributed by atoms with Crippen LogP contribution in [0.5, 0.6) is 0 Å². The molecule has 0 unspecified atom stereocenters. The van der Waals surface area contributed by atoms with Crippen molar-refractivity contribution in [1.82, 2.24) is 0 Å². The van der Waals surface area contributed by atoms with E-state index in [9.17, 15) is 22.8 Å². The van der Waals surface area contributed by atoms with Crippen LogP contribution in [0.15, 0.2) is 17.1 Å². The Labute approximate surface area is 184 Å². The third kappa shape index (κ3) is 9.27. The molecular formula is C16H21Cl2F3N6O4. The van der Waals surface area contributed by atoms with Crippen LogP contribution in [0.2, 0.25) is 10.0 Å². The fourth-order valence-corrected chi connectivity index (χ4v) is 2.58. The van der Waals surface area contributed by atoms with Crippen LogP contribution in [0.1, 0.15) is 18.4 Å². The van der Waals surface area contributed by atoms with Gasteiger partial charge < -0.3 is 33.8 Å². The van der Waals surface area contributed by atoms with E-state index in [4.69, 9.17) is 61.8 Å². The second-order valence-electron chi connectivity index (χ2n) is 6.12. The number of rotatable bonds is 8. The van der Waals surface area contributed by atoms with Crippen molar-refractivity contribution < 1.29 is 32.7 Å². The minimum absolute atomic E-state index is 0.00832. The largest absolute Gasteiger partial charge is 0.490 e. The highest BCUT2D eigenvalue weighted by atomic mass is 35.5. The number of ketones is 1. The van der Waals surface area contributed by atoms with Crippen molar-refractivity contribution >= 4 is 52.5 Å². The Morgan fingerprint density at radius 3 is 1.87 bits per heavy atom. The molecule has 1 rings (SSSR count). The van der Waals surface area contributed by atoms with Gasteiger partial charge in [0.2, 0.25) is 5.91 Å². The van der Waals surface area contributed by atoms with E-state index in [1.54, 1.807) is 0 Å². The first-order valence-corrected chi connectivity index (χ1v) is 8.99. The zero-order chi connectivity index (χ0) is 24.6. The summed E-state index contributed by atoms with van der Waals surface area (Å²) >= 11 is 11.9. The number of Topliss-reactive ketones (excluding diaryl/α,β-unsaturated/α-hetero) is 1. The number of carboxylic acids is 1. The Hall–Kier alpha value is -2.77. The molecule has 0 heterocycles. The number of carbonyl (C=O) groups is 3. The summed E-state index contributed by atoms with van der Waals surface area (Å²) in [6.45, 7) is 0.224. The highest BCUT2D eigenvalue weighted by Gasteiger charge is 2.39. The number of halogens is 5. The van der Waals surface area contributed by atoms with Crippen LogP contribution in [-0.2, 0) is 20.8 Å². The Morgan fingerprint density at radius 1 is 1.06 bits per heavy atom. The van der Waals surface area contributed by atoms with Gasteiger partial charge in [-0.1, -0.05) is 23.2 Å². The molecule has 1 atom stereocenters. The lowest BCUT2D eigenvalue weighted by Crippen LogP contribution is -2.58. The van der Waals surface area contributed by atoms with Gasteiger partial charge in [0.25, 0.3) is 0 Å². The Bertz CT molecular complexity index is 839. The molecule has 0 aliphatic heterocycles. The van der Waals surface area contributed by atoms with E-state index in [0.29, 0.717) is 12.0 Å². The number of anilines is 1. The van der Waals surface area contributed by atoms with Gasteiger partial charge in [-0.15, -0.1) is 0 Å². The van der Waals surface area contributed by atoms with Gasteiger partial charge >= 0.3 is 12.1 Å². The molecule has 0 aliphatic rings. The van der Waals surface area contributed by atoms with E-state index in [0.717, 1.165) is 0 Å². The highest BCUT2D eigenvalue weighted by Crippen LogP contribution is 2.29. The van der Waals surface area contributed by atoms with Crippen molar-refractivity contribution in [1.29, 1.82) is 0 Å². The summed E-state index contributed by atoms with van der Waals surface area (Å²) in [4.78, 5) is 36.8. The summed E-state index contributed by atoms with van der Waals surface area (Å²) < 4.78 is 31.7. The number of aliphatic imine (C=N–C) groups is 1. The Morgan fingerprint density at radius 2 is 1.52 bits per heavy atom. The summed E-state index contributed by atoms with van der Waals surface area (Å²) in [6.07, 6.45) is -4.93. The first-order chi connectivity index (χ1) is 14.0. The quantitative estimate of drug-likeness (QED) is 0.0995. The van der Waals surface area contributed by atoms with Gasteiger partial charge in [-0.05, 0) is 30.5 Å². The summed E-state index contributed by atoms with van der Waals surface area (Å²) in [6, 6.07) is 2.98. The third-order valence-corrected chi connectivity index (χ3v) is 4.33. The zero-order valence-electron chi connectivity index (χ0n) is 15.9. The fraction of sp³-hybridized carbons (Fsp3) is 0.375. The number of nitrogens with zero attached hydrogens (tertiary/aromatic N) is 1. The number of nitrogens with two attached hydrogens (primary N) is 5. The molecular weight excluding hydrogens is 468 g/mol. The molecule has 0 aliphatic carbocycles. The molecule has 0 aromatic heterocycles. The number of carboxylic acid groups (broad SMARTS) is 1. The zero-order valence-corrected chi connectivity index (χ0v) is 17.4. The van der Waals surface area contributed by atoms with E-state index < -0.39 is 29.4 Å². The molecule has 11 N–H and O–H groups in total. The maximum atomic E-state index is 12.5. The molecule has 10 nitrogen and oxygen atoms in total. The molecule has 0 fully saturated rings. The van der Waals surface area contributed by atoms with Gasteiger partial charge in [0, 0.05) is 13.0 Å². The lowest BCUT2D eigenvalue weighted by Gasteiger charge is -2.24. The molecule has 0 saturated heterocycles. The molecule has 1 aromatic rings. The van der Waals surface area contributed by atoms with Crippen LogP contribution in [-0.4, -0.2) is 47.0 Å². The Kier molecular flexibility index (Phi) is 10.5. The van der Waals surface area contributed by atoms with Crippen LogP contribution < -0.4 is 28.7 Å². The number of carbonyl (C=O) groups excluding carboxylic acids is 2. The van der Waals surface area contributed by atoms with Crippen LogP contribution in [0.3, 0.4) is 0 Å². The summed E-state index contributed by atoms with van der Waals surface area (Å²) in [5.41, 5.74) is 26.1. The van der Waals surface area contributed by atoms with Crippen LogP contribution in [0.25, 0.3) is 0 Å². The van der Waals surface area contributed by atoms with E-state index in [1.807, 2.05) is 0 Å². The van der Waals surface area contributed by atoms with Crippen LogP contribution in [0.4, 0.5) is 18.9 Å². The molecule has 174 valence electrons. The molecule has 0 saturated carbocycles. The number of amides is 1. The van der Waals surface area contributed by atoms with Gasteiger partial charge in [0.05, 0.1) is 15.7 Å². The van der Waals surface area contributed by atoms with Crippen molar-refractivity contribution in [2.24, 2.45) is 27.9 Å². The molecule has 0 spiro atoms. The maximum absolute atomic E-state index is 12.5. The molecule has 0 radical (unpaired) electrons. The molecule has 0 bridgehead atoms. The van der Waals surface area contributed by atoms with Gasteiger partial charge in [-0.3, -0.25) is 14.6 Å². The smallest absolute Gasteiger partial charge is 0.475 e. The standard InChI is InChI=1S/C14H20Cl2N6O2.C2HF3O2/c15-8-4-7(5-9(16)11(8)17)6-10(23)14(21,12(18)24)2-1-3-22-13(19)20;3-2(4,5)1(6)7/h4-5H,1-3,6,17,21H2,(H2,18,24)(H4,19,20,22);(H,6,7)/t14-;/m1./s1. The van der Waals surface area contributed by atoms with E-state index in [2.05, 4.69) is 4.99 Å². The number of alkyl halides is 3. The summed E-state index contributed by atoms with van der Waals surface area (Å²) in [5, 5.41) is 7.54. The van der Waals surface area contributed by atoms with Gasteiger partial charge in [0.1, 0.15) is 0 Å². The SMILES string of the molecule is NC(=O)[C@@](N)(CCCN=C(N)N)C(=O)Cc1cc(Cl)c(N)c(Cl)c1.O=C(O)C(F)(F)F. The molecule has 1 amide bonds. The average molecular weight is 489 g/mol. The van der Waals surface area contributed by atoms with E-state index in [1.165, 1.54) is 12.1 Å². The number of nitrogen functional groups attached to an aromatic ring is 1. The minimum atomic E-state index is -5.08. The number of primary amides is 1. The third-order valence-electron chi connectivity index (χ3n) is 3.71. The van der Waals surface area contributed by atoms with Crippen molar-refractivity contribution in [2.75, 3.05) is 12.3 Å². The van der Waals surface area contributed by atoms with Crippen molar-refractivity contribution in [3.8, 4) is 0 Å². The van der Waals surface area contributed by atoms with Crippen LogP contribution >= 0.6 is 23.2 Å². The molecule has 15 heteroatoms. The maximum Gasteiger partial charge on any atom is 0.490 e. The number of hydrogen-bond acceptors (Lipinski definition) is 6. The predicted molar refractivity (Wildman–Crippen MR) is 109 cm³/mol. The lowest BCUT2D eigenvalue weighted by atomic mass is 9.85. The topological polar surface area (TPSA) is 214 Å². The monoisotopic (exact) mass is 488 g/mol.